The maximum Gasteiger partial charge on any atom is 0.232 e. The fourth-order valence-corrected chi connectivity index (χ4v) is 2.86. The zero-order chi connectivity index (χ0) is 14.4. The van der Waals surface area contributed by atoms with Crippen LogP contribution in [0.3, 0.4) is 0 Å². The number of rotatable bonds is 6. The summed E-state index contributed by atoms with van der Waals surface area (Å²) in [7, 11) is 0. The molecule has 1 aromatic rings. The van der Waals surface area contributed by atoms with Gasteiger partial charge in [-0.15, -0.1) is 0 Å². The van der Waals surface area contributed by atoms with E-state index in [9.17, 15) is 5.11 Å². The molecule has 114 valence electrons. The monoisotopic (exact) mass is 282 g/mol. The van der Waals surface area contributed by atoms with E-state index in [1.165, 1.54) is 6.42 Å². The van der Waals surface area contributed by atoms with Gasteiger partial charge in [0.25, 0.3) is 0 Å². The molecule has 1 saturated carbocycles. The highest BCUT2D eigenvalue weighted by Gasteiger charge is 2.29. The predicted octanol–water partition coefficient (Wildman–Crippen LogP) is 3.36. The Hall–Kier alpha value is -0.940. The van der Waals surface area contributed by atoms with Gasteiger partial charge in [-0.2, -0.15) is 4.98 Å². The molecule has 0 aliphatic heterocycles. The number of ether oxygens (including phenoxy) is 1. The van der Waals surface area contributed by atoms with Gasteiger partial charge in [-0.05, 0) is 26.2 Å². The van der Waals surface area contributed by atoms with Crippen molar-refractivity contribution in [3.8, 4) is 0 Å². The molecule has 3 unspecified atom stereocenters. The second kappa shape index (κ2) is 7.74. The molecule has 0 saturated heterocycles. The van der Waals surface area contributed by atoms with Crippen LogP contribution in [0.5, 0.6) is 0 Å². The van der Waals surface area contributed by atoms with Crippen molar-refractivity contribution in [3.05, 3.63) is 11.7 Å². The average molecular weight is 282 g/mol. The van der Waals surface area contributed by atoms with Crippen LogP contribution >= 0.6 is 0 Å². The second-order valence-corrected chi connectivity index (χ2v) is 5.54. The summed E-state index contributed by atoms with van der Waals surface area (Å²) in [5.41, 5.74) is 0. The van der Waals surface area contributed by atoms with E-state index < -0.39 is 0 Å². The molecule has 1 aromatic heterocycles. The van der Waals surface area contributed by atoms with Crippen molar-refractivity contribution in [2.45, 2.75) is 76.9 Å². The first-order valence-electron chi connectivity index (χ1n) is 7.89. The van der Waals surface area contributed by atoms with Crippen LogP contribution < -0.4 is 0 Å². The zero-order valence-corrected chi connectivity index (χ0v) is 12.5. The van der Waals surface area contributed by atoms with Gasteiger partial charge in [0.05, 0.1) is 12.0 Å². The molecule has 20 heavy (non-hydrogen) atoms. The highest BCUT2D eigenvalue weighted by Crippen LogP contribution is 2.32. The zero-order valence-electron chi connectivity index (χ0n) is 12.5. The lowest BCUT2D eigenvalue weighted by atomic mass is 9.97. The number of nitrogens with zero attached hydrogens (tertiary/aromatic N) is 2. The quantitative estimate of drug-likeness (QED) is 0.810. The van der Waals surface area contributed by atoms with E-state index in [1.54, 1.807) is 0 Å². The van der Waals surface area contributed by atoms with E-state index in [0.717, 1.165) is 38.5 Å². The topological polar surface area (TPSA) is 68.4 Å². The number of aliphatic hydroxyl groups excluding tert-OH is 1. The molecule has 1 heterocycles. The summed E-state index contributed by atoms with van der Waals surface area (Å²) in [5, 5.41) is 14.3. The summed E-state index contributed by atoms with van der Waals surface area (Å²) < 4.78 is 11.1. The average Bonchev–Trinajstić information content (AvgIpc) is 2.82. The minimum Gasteiger partial charge on any atom is -0.392 e. The Balaban J connectivity index is 2.09. The lowest BCUT2D eigenvalue weighted by molar-refractivity contribution is 0.0477. The smallest absolute Gasteiger partial charge is 0.232 e. The molecule has 5 nitrogen and oxygen atoms in total. The van der Waals surface area contributed by atoms with Crippen LogP contribution in [-0.4, -0.2) is 28.0 Å². The van der Waals surface area contributed by atoms with Crippen molar-refractivity contribution in [2.24, 2.45) is 0 Å². The molecule has 0 radical (unpaired) electrons. The van der Waals surface area contributed by atoms with Crippen LogP contribution in [0.15, 0.2) is 4.52 Å². The first-order valence-corrected chi connectivity index (χ1v) is 7.89. The van der Waals surface area contributed by atoms with E-state index in [2.05, 4.69) is 17.1 Å². The van der Waals surface area contributed by atoms with Gasteiger partial charge in [0.1, 0.15) is 6.10 Å². The minimum absolute atomic E-state index is 0.0114. The third-order valence-electron chi connectivity index (χ3n) is 3.96. The van der Waals surface area contributed by atoms with Gasteiger partial charge >= 0.3 is 0 Å². The molecule has 0 aromatic carbocycles. The first kappa shape index (κ1) is 15.4. The summed E-state index contributed by atoms with van der Waals surface area (Å²) in [6, 6.07) is 0. The van der Waals surface area contributed by atoms with Gasteiger partial charge in [-0.3, -0.25) is 0 Å². The van der Waals surface area contributed by atoms with Gasteiger partial charge in [-0.1, -0.05) is 37.8 Å². The third-order valence-corrected chi connectivity index (χ3v) is 3.96. The lowest BCUT2D eigenvalue weighted by Gasteiger charge is -2.15. The van der Waals surface area contributed by atoms with Crippen LogP contribution in [0.2, 0.25) is 0 Å². The van der Waals surface area contributed by atoms with E-state index in [-0.39, 0.29) is 18.1 Å². The van der Waals surface area contributed by atoms with Gasteiger partial charge in [-0.25, -0.2) is 0 Å². The molecule has 1 aliphatic rings. The normalized spacial score (nSPS) is 25.4. The van der Waals surface area contributed by atoms with E-state index >= 15 is 0 Å². The summed E-state index contributed by atoms with van der Waals surface area (Å²) in [6.45, 7) is 4.72. The Kier molecular flexibility index (Phi) is 5.98. The van der Waals surface area contributed by atoms with Crippen LogP contribution in [0.1, 0.15) is 82.5 Å². The highest BCUT2D eigenvalue weighted by atomic mass is 16.5. The van der Waals surface area contributed by atoms with Crippen molar-refractivity contribution >= 4 is 0 Å². The van der Waals surface area contributed by atoms with E-state index in [1.807, 2.05) is 6.92 Å². The van der Waals surface area contributed by atoms with Gasteiger partial charge in [0.2, 0.25) is 11.7 Å². The maximum atomic E-state index is 10.2. The molecule has 5 heteroatoms. The maximum absolute atomic E-state index is 10.2. The largest absolute Gasteiger partial charge is 0.392 e. The molecule has 0 bridgehead atoms. The van der Waals surface area contributed by atoms with Crippen molar-refractivity contribution in [1.29, 1.82) is 0 Å². The predicted molar refractivity (Wildman–Crippen MR) is 75.4 cm³/mol. The SMILES string of the molecule is CCCC(OCC)c1noc(C2CCCCCC2O)n1. The number of hydrogen-bond donors (Lipinski definition) is 1. The Morgan fingerprint density at radius 1 is 1.30 bits per heavy atom. The second-order valence-electron chi connectivity index (χ2n) is 5.54. The summed E-state index contributed by atoms with van der Waals surface area (Å²) in [6.07, 6.45) is 6.57. The fraction of sp³-hybridized carbons (Fsp3) is 0.867. The summed E-state index contributed by atoms with van der Waals surface area (Å²) in [5.74, 6) is 1.19. The molecule has 0 spiro atoms. The molecular formula is C15H26N2O3. The van der Waals surface area contributed by atoms with Gasteiger partial charge in [0.15, 0.2) is 0 Å². The van der Waals surface area contributed by atoms with Crippen LogP contribution in [0.25, 0.3) is 0 Å². The van der Waals surface area contributed by atoms with Crippen LogP contribution in [-0.2, 0) is 4.74 Å². The summed E-state index contributed by atoms with van der Waals surface area (Å²) in [4.78, 5) is 4.50. The lowest BCUT2D eigenvalue weighted by Crippen LogP contribution is -2.17. The van der Waals surface area contributed by atoms with Crippen molar-refractivity contribution in [1.82, 2.24) is 10.1 Å². The van der Waals surface area contributed by atoms with Gasteiger partial charge in [0, 0.05) is 6.61 Å². The van der Waals surface area contributed by atoms with E-state index in [4.69, 9.17) is 9.26 Å². The molecule has 1 aliphatic carbocycles. The van der Waals surface area contributed by atoms with Crippen LogP contribution in [0, 0.1) is 0 Å². The summed E-state index contributed by atoms with van der Waals surface area (Å²) >= 11 is 0. The van der Waals surface area contributed by atoms with Crippen molar-refractivity contribution < 1.29 is 14.4 Å². The van der Waals surface area contributed by atoms with Crippen molar-refractivity contribution in [3.63, 3.8) is 0 Å². The molecule has 3 atom stereocenters. The molecule has 2 rings (SSSR count). The Morgan fingerprint density at radius 3 is 2.85 bits per heavy atom. The van der Waals surface area contributed by atoms with Crippen molar-refractivity contribution in [2.75, 3.05) is 6.61 Å². The van der Waals surface area contributed by atoms with Gasteiger partial charge < -0.3 is 14.4 Å². The first-order chi connectivity index (χ1) is 9.76. The Bertz CT molecular complexity index is 388. The molecule has 1 fully saturated rings. The Labute approximate surface area is 120 Å². The number of aromatic nitrogens is 2. The third kappa shape index (κ3) is 3.79. The highest BCUT2D eigenvalue weighted by molar-refractivity contribution is 5.00. The van der Waals surface area contributed by atoms with E-state index in [0.29, 0.717) is 18.3 Å². The molecular weight excluding hydrogens is 256 g/mol. The standard InChI is InChI=1S/C15H26N2O3/c1-3-8-13(19-4-2)14-16-15(20-17-14)11-9-6-5-7-10-12(11)18/h11-13,18H,3-10H2,1-2H3. The van der Waals surface area contributed by atoms with Crippen LogP contribution in [0.4, 0.5) is 0 Å². The Morgan fingerprint density at radius 2 is 2.10 bits per heavy atom. The number of hydrogen-bond acceptors (Lipinski definition) is 5. The number of aliphatic hydroxyl groups is 1. The minimum atomic E-state index is -0.359. The molecule has 1 N–H and O–H groups in total. The molecule has 0 amide bonds. The fourth-order valence-electron chi connectivity index (χ4n) is 2.86.